The quantitative estimate of drug-likeness (QED) is 0.825. The highest BCUT2D eigenvalue weighted by Crippen LogP contribution is 2.09. The van der Waals surface area contributed by atoms with Crippen molar-refractivity contribution in [1.29, 1.82) is 0 Å². The average molecular weight is 282 g/mol. The minimum absolute atomic E-state index is 0.0729. The fourth-order valence-corrected chi connectivity index (χ4v) is 2.20. The number of halogens is 1. The van der Waals surface area contributed by atoms with Crippen LogP contribution in [0, 0.1) is 0 Å². The van der Waals surface area contributed by atoms with Gasteiger partial charge in [0, 0.05) is 30.7 Å². The molecule has 1 saturated heterocycles. The van der Waals surface area contributed by atoms with Crippen LogP contribution in [-0.2, 0) is 11.3 Å². The third-order valence-corrected chi connectivity index (χ3v) is 3.68. The van der Waals surface area contributed by atoms with Gasteiger partial charge in [0.15, 0.2) is 0 Å². The molecule has 0 atom stereocenters. The lowest BCUT2D eigenvalue weighted by Crippen LogP contribution is -2.58. The fraction of sp³-hybridized carbons (Fsp3) is 0.500. The van der Waals surface area contributed by atoms with Crippen molar-refractivity contribution in [3.63, 3.8) is 0 Å². The predicted molar refractivity (Wildman–Crippen MR) is 77.2 cm³/mol. The second-order valence-electron chi connectivity index (χ2n) is 4.78. The number of hydrogen-bond acceptors (Lipinski definition) is 3. The second kappa shape index (κ2) is 6.89. The molecule has 4 nitrogen and oxygen atoms in total. The molecule has 1 aromatic rings. The Morgan fingerprint density at radius 2 is 2.11 bits per heavy atom. The van der Waals surface area contributed by atoms with Crippen LogP contribution in [0.1, 0.15) is 12.5 Å². The summed E-state index contributed by atoms with van der Waals surface area (Å²) < 4.78 is 0. The number of nitrogens with zero attached hydrogens (tertiary/aromatic N) is 1. The summed E-state index contributed by atoms with van der Waals surface area (Å²) in [6.07, 6.45) is 0. The number of amides is 1. The maximum atomic E-state index is 11.9. The molecule has 104 valence electrons. The van der Waals surface area contributed by atoms with E-state index in [1.165, 1.54) is 0 Å². The van der Waals surface area contributed by atoms with E-state index in [9.17, 15) is 4.79 Å². The van der Waals surface area contributed by atoms with Gasteiger partial charge in [-0.3, -0.25) is 9.69 Å². The molecular formula is C14H20ClN3O. The van der Waals surface area contributed by atoms with Crippen LogP contribution in [-0.4, -0.2) is 43.0 Å². The Bertz CT molecular complexity index is 417. The summed E-state index contributed by atoms with van der Waals surface area (Å²) in [4.78, 5) is 14.1. The van der Waals surface area contributed by atoms with Gasteiger partial charge in [-0.15, -0.1) is 0 Å². The maximum Gasteiger partial charge on any atom is 0.234 e. The van der Waals surface area contributed by atoms with Gasteiger partial charge < -0.3 is 10.6 Å². The Balaban J connectivity index is 1.75. The average Bonchev–Trinajstić information content (AvgIpc) is 2.35. The molecule has 0 saturated carbocycles. The molecule has 1 aromatic carbocycles. The van der Waals surface area contributed by atoms with Crippen LogP contribution < -0.4 is 10.6 Å². The van der Waals surface area contributed by atoms with E-state index in [0.717, 1.165) is 25.2 Å². The zero-order valence-corrected chi connectivity index (χ0v) is 11.9. The number of carbonyl (C=O) groups is 1. The topological polar surface area (TPSA) is 44.4 Å². The van der Waals surface area contributed by atoms with Crippen LogP contribution in [0.2, 0.25) is 5.02 Å². The molecule has 19 heavy (non-hydrogen) atoms. The molecule has 0 aromatic heterocycles. The SMILES string of the molecule is CCN(CC(=O)NCc1ccc(Cl)cc1)C1CNC1. The first-order valence-electron chi connectivity index (χ1n) is 6.65. The van der Waals surface area contributed by atoms with Gasteiger partial charge in [-0.1, -0.05) is 30.7 Å². The van der Waals surface area contributed by atoms with Crippen molar-refractivity contribution in [3.05, 3.63) is 34.9 Å². The number of carbonyl (C=O) groups excluding carboxylic acids is 1. The molecule has 0 radical (unpaired) electrons. The first-order chi connectivity index (χ1) is 9.19. The third-order valence-electron chi connectivity index (χ3n) is 3.43. The van der Waals surface area contributed by atoms with Crippen molar-refractivity contribution in [3.8, 4) is 0 Å². The van der Waals surface area contributed by atoms with Crippen molar-refractivity contribution < 1.29 is 4.79 Å². The monoisotopic (exact) mass is 281 g/mol. The molecule has 1 fully saturated rings. The summed E-state index contributed by atoms with van der Waals surface area (Å²) in [5.74, 6) is 0.0729. The Morgan fingerprint density at radius 3 is 2.63 bits per heavy atom. The highest BCUT2D eigenvalue weighted by Gasteiger charge is 2.24. The summed E-state index contributed by atoms with van der Waals surface area (Å²) in [5.41, 5.74) is 1.06. The van der Waals surface area contributed by atoms with Gasteiger partial charge in [-0.25, -0.2) is 0 Å². The summed E-state index contributed by atoms with van der Waals surface area (Å²) in [6, 6.07) is 8.03. The first kappa shape index (κ1) is 14.3. The van der Waals surface area contributed by atoms with Crippen molar-refractivity contribution in [2.75, 3.05) is 26.2 Å². The van der Waals surface area contributed by atoms with Gasteiger partial charge in [0.25, 0.3) is 0 Å². The summed E-state index contributed by atoms with van der Waals surface area (Å²) in [5, 5.41) is 6.88. The van der Waals surface area contributed by atoms with E-state index in [0.29, 0.717) is 24.2 Å². The van der Waals surface area contributed by atoms with Crippen molar-refractivity contribution >= 4 is 17.5 Å². The van der Waals surface area contributed by atoms with Gasteiger partial charge in [-0.05, 0) is 24.2 Å². The van der Waals surface area contributed by atoms with E-state index in [1.807, 2.05) is 24.3 Å². The van der Waals surface area contributed by atoms with E-state index < -0.39 is 0 Å². The van der Waals surface area contributed by atoms with E-state index in [-0.39, 0.29) is 5.91 Å². The largest absolute Gasteiger partial charge is 0.351 e. The van der Waals surface area contributed by atoms with Crippen LogP contribution in [0.15, 0.2) is 24.3 Å². The summed E-state index contributed by atoms with van der Waals surface area (Å²) in [7, 11) is 0. The normalized spacial score (nSPS) is 15.3. The zero-order valence-electron chi connectivity index (χ0n) is 11.2. The maximum absolute atomic E-state index is 11.9. The van der Waals surface area contributed by atoms with Gasteiger partial charge in [0.2, 0.25) is 5.91 Å². The van der Waals surface area contributed by atoms with Crippen LogP contribution in [0.25, 0.3) is 0 Å². The summed E-state index contributed by atoms with van der Waals surface area (Å²) >= 11 is 5.82. The zero-order chi connectivity index (χ0) is 13.7. The third kappa shape index (κ3) is 4.20. The Kier molecular flexibility index (Phi) is 5.19. The Morgan fingerprint density at radius 1 is 1.42 bits per heavy atom. The summed E-state index contributed by atoms with van der Waals surface area (Å²) in [6.45, 7) is 5.98. The number of rotatable bonds is 6. The molecule has 2 rings (SSSR count). The number of hydrogen-bond donors (Lipinski definition) is 2. The molecular weight excluding hydrogens is 262 g/mol. The molecule has 1 aliphatic rings. The van der Waals surface area contributed by atoms with Crippen LogP contribution >= 0.6 is 11.6 Å². The molecule has 1 aliphatic heterocycles. The van der Waals surface area contributed by atoms with Crippen LogP contribution in [0.3, 0.4) is 0 Å². The minimum Gasteiger partial charge on any atom is -0.351 e. The van der Waals surface area contributed by atoms with Crippen molar-refractivity contribution in [2.24, 2.45) is 0 Å². The smallest absolute Gasteiger partial charge is 0.234 e. The molecule has 2 N–H and O–H groups in total. The lowest BCUT2D eigenvalue weighted by molar-refractivity contribution is -0.123. The molecule has 1 amide bonds. The molecule has 0 aliphatic carbocycles. The molecule has 0 spiro atoms. The van der Waals surface area contributed by atoms with Gasteiger partial charge in [0.05, 0.1) is 6.54 Å². The van der Waals surface area contributed by atoms with Gasteiger partial charge >= 0.3 is 0 Å². The molecule has 0 unspecified atom stereocenters. The second-order valence-corrected chi connectivity index (χ2v) is 5.21. The van der Waals surface area contributed by atoms with Crippen molar-refractivity contribution in [2.45, 2.75) is 19.5 Å². The minimum atomic E-state index is 0.0729. The molecule has 0 bridgehead atoms. The highest BCUT2D eigenvalue weighted by molar-refractivity contribution is 6.30. The van der Waals surface area contributed by atoms with Crippen LogP contribution in [0.4, 0.5) is 0 Å². The number of benzene rings is 1. The number of likely N-dealkylation sites (N-methyl/N-ethyl adjacent to an activating group) is 1. The van der Waals surface area contributed by atoms with Crippen LogP contribution in [0.5, 0.6) is 0 Å². The van der Waals surface area contributed by atoms with E-state index in [4.69, 9.17) is 11.6 Å². The molecule has 1 heterocycles. The molecule has 5 heteroatoms. The standard InChI is InChI=1S/C14H20ClN3O/c1-2-18(13-8-16-9-13)10-14(19)17-7-11-3-5-12(15)6-4-11/h3-6,13,16H,2,7-10H2,1H3,(H,17,19). The number of nitrogens with one attached hydrogen (secondary N) is 2. The highest BCUT2D eigenvalue weighted by atomic mass is 35.5. The lowest BCUT2D eigenvalue weighted by Gasteiger charge is -2.37. The Hall–Kier alpha value is -1.10. The van der Waals surface area contributed by atoms with Gasteiger partial charge in [0.1, 0.15) is 0 Å². The lowest BCUT2D eigenvalue weighted by atomic mass is 10.1. The fourth-order valence-electron chi connectivity index (χ4n) is 2.07. The van der Waals surface area contributed by atoms with Crippen molar-refractivity contribution in [1.82, 2.24) is 15.5 Å². The van der Waals surface area contributed by atoms with E-state index in [1.54, 1.807) is 0 Å². The van der Waals surface area contributed by atoms with E-state index in [2.05, 4.69) is 22.5 Å². The first-order valence-corrected chi connectivity index (χ1v) is 7.02. The Labute approximate surface area is 119 Å². The van der Waals surface area contributed by atoms with Gasteiger partial charge in [-0.2, -0.15) is 0 Å². The predicted octanol–water partition coefficient (Wildman–Crippen LogP) is 1.25. The van der Waals surface area contributed by atoms with E-state index >= 15 is 0 Å².